The van der Waals surface area contributed by atoms with Crippen LogP contribution in [0.25, 0.3) is 23.0 Å². The van der Waals surface area contributed by atoms with E-state index in [-0.39, 0.29) is 0 Å². The van der Waals surface area contributed by atoms with E-state index in [1.807, 2.05) is 0 Å². The van der Waals surface area contributed by atoms with Crippen LogP contribution in [0.2, 0.25) is 0 Å². The summed E-state index contributed by atoms with van der Waals surface area (Å²) in [5, 5.41) is 2.56. The molecule has 0 bridgehead atoms. The van der Waals surface area contributed by atoms with Gasteiger partial charge in [0.1, 0.15) is 5.76 Å². The molecule has 0 amide bonds. The molecule has 3 rings (SSSR count). The van der Waals surface area contributed by atoms with Gasteiger partial charge in [0.05, 0.1) is 7.11 Å². The zero-order valence-corrected chi connectivity index (χ0v) is 11.4. The summed E-state index contributed by atoms with van der Waals surface area (Å²) in [6, 6.07) is 15.2. The lowest BCUT2D eigenvalue weighted by Gasteiger charge is -2.12. The fourth-order valence-electron chi connectivity index (χ4n) is 2.71. The average Bonchev–Trinajstić information content (AvgIpc) is 2.47. The lowest BCUT2D eigenvalue weighted by molar-refractivity contribution is 0.348. The highest BCUT2D eigenvalue weighted by atomic mass is 16.5. The van der Waals surface area contributed by atoms with Crippen molar-refractivity contribution >= 4 is 11.8 Å². The van der Waals surface area contributed by atoms with Crippen LogP contribution in [0, 0.1) is 6.92 Å². The van der Waals surface area contributed by atoms with E-state index in [1.165, 1.54) is 27.1 Å². The predicted molar refractivity (Wildman–Crippen MR) is 80.0 cm³/mol. The van der Waals surface area contributed by atoms with Gasteiger partial charge in [-0.2, -0.15) is 0 Å². The maximum absolute atomic E-state index is 5.52. The van der Waals surface area contributed by atoms with Crippen LogP contribution in [0.3, 0.4) is 0 Å². The quantitative estimate of drug-likeness (QED) is 0.796. The van der Waals surface area contributed by atoms with Gasteiger partial charge >= 0.3 is 0 Å². The molecule has 2 aromatic carbocycles. The van der Waals surface area contributed by atoms with Gasteiger partial charge in [0.2, 0.25) is 0 Å². The Kier molecular flexibility index (Phi) is 3.12. The molecule has 0 unspecified atom stereocenters. The molecule has 2 aromatic rings. The fraction of sp³-hybridized carbons (Fsp3) is 0.222. The normalized spacial score (nSPS) is 13.7. The SMILES string of the molecule is COC1=c2cccc(-c3ccc(C)cc3)c2=CCC1. The Morgan fingerprint density at radius 2 is 1.79 bits per heavy atom. The molecule has 0 saturated heterocycles. The summed E-state index contributed by atoms with van der Waals surface area (Å²) in [5.41, 5.74) is 3.87. The summed E-state index contributed by atoms with van der Waals surface area (Å²) in [6.07, 6.45) is 4.38. The molecule has 1 nitrogen and oxygen atoms in total. The van der Waals surface area contributed by atoms with E-state index in [9.17, 15) is 0 Å². The minimum atomic E-state index is 1.00. The number of hydrogen-bond acceptors (Lipinski definition) is 1. The Morgan fingerprint density at radius 3 is 2.53 bits per heavy atom. The smallest absolute Gasteiger partial charge is 0.104 e. The molecule has 0 fully saturated rings. The van der Waals surface area contributed by atoms with E-state index in [0.29, 0.717) is 0 Å². The van der Waals surface area contributed by atoms with E-state index in [1.54, 1.807) is 7.11 Å². The van der Waals surface area contributed by atoms with E-state index < -0.39 is 0 Å². The number of methoxy groups -OCH3 is 1. The summed E-state index contributed by atoms with van der Waals surface area (Å²) >= 11 is 0. The lowest BCUT2D eigenvalue weighted by Crippen LogP contribution is -2.31. The molecule has 0 N–H and O–H groups in total. The molecule has 96 valence electrons. The third-order valence-electron chi connectivity index (χ3n) is 3.74. The van der Waals surface area contributed by atoms with Gasteiger partial charge < -0.3 is 4.74 Å². The number of ether oxygens (including phenoxy) is 1. The van der Waals surface area contributed by atoms with Gasteiger partial charge in [-0.05, 0) is 29.7 Å². The Labute approximate surface area is 113 Å². The van der Waals surface area contributed by atoms with Crippen LogP contribution >= 0.6 is 0 Å². The highest BCUT2D eigenvalue weighted by Crippen LogP contribution is 2.17. The largest absolute Gasteiger partial charge is 0.500 e. The molecule has 1 heteroatoms. The molecule has 0 aromatic heterocycles. The van der Waals surface area contributed by atoms with Gasteiger partial charge in [-0.15, -0.1) is 0 Å². The first-order valence-corrected chi connectivity index (χ1v) is 6.73. The standard InChI is InChI=1S/C18H18O/c1-13-9-11-14(12-10-13)15-5-3-7-17-16(15)6-4-8-18(17)19-2/h3,5-7,9-12H,4,8H2,1-2H3. The second kappa shape index (κ2) is 4.93. The minimum Gasteiger partial charge on any atom is -0.500 e. The number of hydrogen-bond donors (Lipinski definition) is 0. The van der Waals surface area contributed by atoms with Crippen LogP contribution in [0.15, 0.2) is 42.5 Å². The topological polar surface area (TPSA) is 9.23 Å². The van der Waals surface area contributed by atoms with Crippen LogP contribution in [-0.4, -0.2) is 7.11 Å². The Balaban J connectivity index is 2.28. The molecular formula is C18H18O. The van der Waals surface area contributed by atoms with Crippen LogP contribution < -0.4 is 10.4 Å². The van der Waals surface area contributed by atoms with Crippen LogP contribution in [0.5, 0.6) is 0 Å². The van der Waals surface area contributed by atoms with Crippen molar-refractivity contribution in [3.05, 3.63) is 58.5 Å². The van der Waals surface area contributed by atoms with Crippen molar-refractivity contribution in [3.8, 4) is 11.1 Å². The van der Waals surface area contributed by atoms with Crippen molar-refractivity contribution in [2.75, 3.05) is 7.11 Å². The van der Waals surface area contributed by atoms with Crippen LogP contribution in [-0.2, 0) is 4.74 Å². The summed E-state index contributed by atoms with van der Waals surface area (Å²) < 4.78 is 5.52. The average molecular weight is 250 g/mol. The maximum atomic E-state index is 5.52. The van der Waals surface area contributed by atoms with Gasteiger partial charge in [0.25, 0.3) is 0 Å². The van der Waals surface area contributed by atoms with Crippen molar-refractivity contribution in [3.63, 3.8) is 0 Å². The predicted octanol–water partition coefficient (Wildman–Crippen LogP) is 2.99. The van der Waals surface area contributed by atoms with E-state index >= 15 is 0 Å². The molecule has 0 saturated carbocycles. The zero-order valence-electron chi connectivity index (χ0n) is 11.4. The van der Waals surface area contributed by atoms with Gasteiger partial charge in [0.15, 0.2) is 0 Å². The van der Waals surface area contributed by atoms with Gasteiger partial charge in [-0.1, -0.05) is 54.1 Å². The Bertz CT molecular complexity index is 708. The molecule has 0 spiro atoms. The summed E-state index contributed by atoms with van der Waals surface area (Å²) in [5.74, 6) is 1.10. The number of rotatable bonds is 2. The summed E-state index contributed by atoms with van der Waals surface area (Å²) in [6.45, 7) is 2.12. The number of benzene rings is 2. The Morgan fingerprint density at radius 1 is 1.00 bits per heavy atom. The highest BCUT2D eigenvalue weighted by molar-refractivity contribution is 5.67. The second-order valence-corrected chi connectivity index (χ2v) is 5.00. The van der Waals surface area contributed by atoms with Crippen LogP contribution in [0.1, 0.15) is 18.4 Å². The monoisotopic (exact) mass is 250 g/mol. The first-order valence-electron chi connectivity index (χ1n) is 6.73. The molecule has 0 atom stereocenters. The number of fused-ring (bicyclic) bond motifs is 1. The lowest BCUT2D eigenvalue weighted by atomic mass is 9.96. The first-order chi connectivity index (χ1) is 9.29. The molecule has 0 radical (unpaired) electrons. The van der Waals surface area contributed by atoms with E-state index in [4.69, 9.17) is 4.74 Å². The minimum absolute atomic E-state index is 1.00. The van der Waals surface area contributed by atoms with Crippen molar-refractivity contribution < 1.29 is 4.74 Å². The molecule has 0 aliphatic heterocycles. The molecule has 19 heavy (non-hydrogen) atoms. The molecule has 1 aliphatic rings. The van der Waals surface area contributed by atoms with Crippen molar-refractivity contribution in [1.82, 2.24) is 0 Å². The summed E-state index contributed by atoms with van der Waals surface area (Å²) in [4.78, 5) is 0. The van der Waals surface area contributed by atoms with Gasteiger partial charge in [0, 0.05) is 11.6 Å². The van der Waals surface area contributed by atoms with Crippen LogP contribution in [0.4, 0.5) is 0 Å². The second-order valence-electron chi connectivity index (χ2n) is 5.00. The van der Waals surface area contributed by atoms with E-state index in [0.717, 1.165) is 18.6 Å². The van der Waals surface area contributed by atoms with E-state index in [2.05, 4.69) is 55.5 Å². The fourth-order valence-corrected chi connectivity index (χ4v) is 2.71. The first kappa shape index (κ1) is 12.0. The summed E-state index contributed by atoms with van der Waals surface area (Å²) in [7, 11) is 1.77. The third kappa shape index (κ3) is 2.17. The van der Waals surface area contributed by atoms with Crippen molar-refractivity contribution in [2.24, 2.45) is 0 Å². The third-order valence-corrected chi connectivity index (χ3v) is 3.74. The maximum Gasteiger partial charge on any atom is 0.104 e. The van der Waals surface area contributed by atoms with Crippen molar-refractivity contribution in [2.45, 2.75) is 19.8 Å². The molecule has 1 aliphatic carbocycles. The zero-order chi connectivity index (χ0) is 13.2. The molecular weight excluding hydrogens is 232 g/mol. The molecule has 0 heterocycles. The number of aryl methyl sites for hydroxylation is 1. The van der Waals surface area contributed by atoms with Crippen molar-refractivity contribution in [1.29, 1.82) is 0 Å². The Hall–Kier alpha value is -2.02. The highest BCUT2D eigenvalue weighted by Gasteiger charge is 2.08. The van der Waals surface area contributed by atoms with Gasteiger partial charge in [-0.3, -0.25) is 0 Å². The van der Waals surface area contributed by atoms with Gasteiger partial charge in [-0.25, -0.2) is 0 Å².